The van der Waals surface area contributed by atoms with E-state index in [4.69, 9.17) is 5.26 Å². The third kappa shape index (κ3) is 3.56. The average molecular weight is 135 g/mol. The zero-order valence-corrected chi connectivity index (χ0v) is 5.91. The van der Waals surface area contributed by atoms with Crippen LogP contribution in [-0.2, 0) is 0 Å². The number of aliphatic imine (C=N–C) groups is 2. The number of nitriles is 1. The van der Waals surface area contributed by atoms with Crippen LogP contribution in [0.2, 0.25) is 0 Å². The van der Waals surface area contributed by atoms with Crippen molar-refractivity contribution in [3.05, 3.63) is 11.9 Å². The van der Waals surface area contributed by atoms with Gasteiger partial charge >= 0.3 is 0 Å². The lowest BCUT2D eigenvalue weighted by atomic mass is 10.4. The molecule has 52 valence electrons. The van der Waals surface area contributed by atoms with Crippen molar-refractivity contribution in [3.63, 3.8) is 0 Å². The van der Waals surface area contributed by atoms with Crippen LogP contribution in [0.25, 0.3) is 0 Å². The summed E-state index contributed by atoms with van der Waals surface area (Å²) >= 11 is 0. The van der Waals surface area contributed by atoms with Gasteiger partial charge in [0.1, 0.15) is 0 Å². The average Bonchev–Trinajstić information content (AvgIpc) is 1.90. The Morgan fingerprint density at radius 1 is 1.80 bits per heavy atom. The predicted molar refractivity (Wildman–Crippen MR) is 42.0 cm³/mol. The van der Waals surface area contributed by atoms with Crippen LogP contribution in [0.15, 0.2) is 21.9 Å². The van der Waals surface area contributed by atoms with Crippen molar-refractivity contribution in [3.8, 4) is 6.07 Å². The van der Waals surface area contributed by atoms with E-state index in [1.54, 1.807) is 13.1 Å². The van der Waals surface area contributed by atoms with E-state index < -0.39 is 0 Å². The molecular weight excluding hydrogens is 126 g/mol. The van der Waals surface area contributed by atoms with Crippen LogP contribution in [0.1, 0.15) is 13.3 Å². The standard InChI is InChI=1S/C7H9N3/c1-3-10-7(4-5-8)6-9-2/h3,6H,2,4H2,1H3/b7-6-,10-3?. The molecule has 0 rings (SSSR count). The minimum Gasteiger partial charge on any atom is -0.271 e. The Labute approximate surface area is 60.4 Å². The zero-order chi connectivity index (χ0) is 7.82. The Bertz CT molecular complexity index is 195. The van der Waals surface area contributed by atoms with Crippen molar-refractivity contribution in [2.75, 3.05) is 0 Å². The number of nitrogens with zero attached hydrogens (tertiary/aromatic N) is 3. The Morgan fingerprint density at radius 2 is 2.50 bits per heavy atom. The molecule has 0 aliphatic heterocycles. The summed E-state index contributed by atoms with van der Waals surface area (Å²) in [5.41, 5.74) is 0.639. The molecule has 3 heteroatoms. The van der Waals surface area contributed by atoms with Gasteiger partial charge in [-0.2, -0.15) is 5.26 Å². The van der Waals surface area contributed by atoms with Crippen molar-refractivity contribution in [1.29, 1.82) is 5.26 Å². The molecular formula is C7H9N3. The molecule has 0 radical (unpaired) electrons. The summed E-state index contributed by atoms with van der Waals surface area (Å²) in [6, 6.07) is 1.97. The van der Waals surface area contributed by atoms with Gasteiger partial charge in [0.25, 0.3) is 0 Å². The van der Waals surface area contributed by atoms with Gasteiger partial charge in [-0.3, -0.25) is 9.98 Å². The lowest BCUT2D eigenvalue weighted by Gasteiger charge is -1.88. The van der Waals surface area contributed by atoms with E-state index in [-0.39, 0.29) is 6.42 Å². The molecule has 0 unspecified atom stereocenters. The van der Waals surface area contributed by atoms with E-state index in [2.05, 4.69) is 16.7 Å². The molecule has 0 spiro atoms. The second-order valence-corrected chi connectivity index (χ2v) is 1.53. The van der Waals surface area contributed by atoms with Crippen molar-refractivity contribution < 1.29 is 0 Å². The number of allylic oxidation sites excluding steroid dienone is 1. The summed E-state index contributed by atoms with van der Waals surface area (Å²) in [6.45, 7) is 5.04. The Balaban J connectivity index is 4.13. The molecule has 0 bridgehead atoms. The molecule has 3 nitrogen and oxygen atoms in total. The summed E-state index contributed by atoms with van der Waals surface area (Å²) in [5, 5.41) is 8.26. The van der Waals surface area contributed by atoms with Crippen LogP contribution in [0.3, 0.4) is 0 Å². The van der Waals surface area contributed by atoms with Gasteiger partial charge in [-0.25, -0.2) is 0 Å². The second-order valence-electron chi connectivity index (χ2n) is 1.53. The van der Waals surface area contributed by atoms with Gasteiger partial charge in [-0.15, -0.1) is 0 Å². The van der Waals surface area contributed by atoms with Gasteiger partial charge in [0.05, 0.1) is 18.2 Å². The molecule has 0 fully saturated rings. The van der Waals surface area contributed by atoms with Crippen molar-refractivity contribution in [2.24, 2.45) is 9.98 Å². The molecule has 0 saturated carbocycles. The molecule has 0 atom stereocenters. The molecule has 10 heavy (non-hydrogen) atoms. The second kappa shape index (κ2) is 5.70. The maximum Gasteiger partial charge on any atom is 0.0790 e. The number of rotatable bonds is 3. The third-order valence-electron chi connectivity index (χ3n) is 0.795. The first-order valence-corrected chi connectivity index (χ1v) is 2.85. The fourth-order valence-electron chi connectivity index (χ4n) is 0.477. The van der Waals surface area contributed by atoms with Gasteiger partial charge in [0.15, 0.2) is 0 Å². The molecule has 0 aliphatic rings. The highest BCUT2D eigenvalue weighted by Crippen LogP contribution is 2.00. The summed E-state index contributed by atoms with van der Waals surface area (Å²) in [4.78, 5) is 7.38. The SMILES string of the molecule is C=N/C=C(/CC#N)N=CC. The van der Waals surface area contributed by atoms with E-state index in [9.17, 15) is 0 Å². The Morgan fingerprint density at radius 3 is 2.90 bits per heavy atom. The molecule has 0 aromatic carbocycles. The zero-order valence-electron chi connectivity index (χ0n) is 5.91. The summed E-state index contributed by atoms with van der Waals surface area (Å²) in [5.74, 6) is 0. The van der Waals surface area contributed by atoms with Gasteiger partial charge in [-0.05, 0) is 13.6 Å². The highest BCUT2D eigenvalue weighted by atomic mass is 14.8. The monoisotopic (exact) mass is 135 g/mol. The molecule has 0 N–H and O–H groups in total. The van der Waals surface area contributed by atoms with Gasteiger partial charge in [0.2, 0.25) is 0 Å². The third-order valence-corrected chi connectivity index (χ3v) is 0.795. The highest BCUT2D eigenvalue weighted by Gasteiger charge is 1.88. The van der Waals surface area contributed by atoms with E-state index in [1.165, 1.54) is 6.20 Å². The largest absolute Gasteiger partial charge is 0.271 e. The van der Waals surface area contributed by atoms with Crippen LogP contribution in [-0.4, -0.2) is 12.9 Å². The van der Waals surface area contributed by atoms with Crippen LogP contribution in [0.4, 0.5) is 0 Å². The quantitative estimate of drug-likeness (QED) is 0.541. The maximum atomic E-state index is 8.26. The van der Waals surface area contributed by atoms with E-state index in [0.29, 0.717) is 5.70 Å². The molecule has 0 heterocycles. The van der Waals surface area contributed by atoms with Gasteiger partial charge in [-0.1, -0.05) is 0 Å². The predicted octanol–water partition coefficient (Wildman–Crippen LogP) is 1.53. The topological polar surface area (TPSA) is 48.5 Å². The fourth-order valence-corrected chi connectivity index (χ4v) is 0.477. The molecule has 0 amide bonds. The minimum absolute atomic E-state index is 0.281. The Kier molecular flexibility index (Phi) is 4.89. The minimum atomic E-state index is 0.281. The van der Waals surface area contributed by atoms with Gasteiger partial charge in [0, 0.05) is 12.4 Å². The summed E-state index contributed by atoms with van der Waals surface area (Å²) in [6.07, 6.45) is 3.38. The number of hydrogen-bond acceptors (Lipinski definition) is 3. The fraction of sp³-hybridized carbons (Fsp3) is 0.286. The lowest BCUT2D eigenvalue weighted by molar-refractivity contribution is 1.15. The van der Waals surface area contributed by atoms with Gasteiger partial charge < -0.3 is 0 Å². The lowest BCUT2D eigenvalue weighted by Crippen LogP contribution is -1.75. The first-order chi connectivity index (χ1) is 4.85. The molecule has 0 aromatic rings. The molecule has 0 aliphatic carbocycles. The maximum absolute atomic E-state index is 8.26. The van der Waals surface area contributed by atoms with Crippen LogP contribution in [0.5, 0.6) is 0 Å². The van der Waals surface area contributed by atoms with Crippen molar-refractivity contribution >= 4 is 12.9 Å². The summed E-state index contributed by atoms with van der Waals surface area (Å²) < 4.78 is 0. The van der Waals surface area contributed by atoms with E-state index >= 15 is 0 Å². The number of hydrogen-bond donors (Lipinski definition) is 0. The highest BCUT2D eigenvalue weighted by molar-refractivity contribution is 5.55. The smallest absolute Gasteiger partial charge is 0.0790 e. The summed E-state index contributed by atoms with van der Waals surface area (Å²) in [7, 11) is 0. The first kappa shape index (κ1) is 8.57. The van der Waals surface area contributed by atoms with Crippen LogP contribution in [0, 0.1) is 11.3 Å². The van der Waals surface area contributed by atoms with Crippen LogP contribution >= 0.6 is 0 Å². The van der Waals surface area contributed by atoms with E-state index in [1.807, 2.05) is 6.07 Å². The molecule has 0 saturated heterocycles. The van der Waals surface area contributed by atoms with Crippen molar-refractivity contribution in [1.82, 2.24) is 0 Å². The molecule has 0 aromatic heterocycles. The first-order valence-electron chi connectivity index (χ1n) is 2.85. The van der Waals surface area contributed by atoms with Crippen LogP contribution < -0.4 is 0 Å². The Hall–Kier alpha value is -1.43. The van der Waals surface area contributed by atoms with Crippen molar-refractivity contribution in [2.45, 2.75) is 13.3 Å². The normalized spacial score (nSPS) is 11.4. The van der Waals surface area contributed by atoms with E-state index in [0.717, 1.165) is 0 Å².